The van der Waals surface area contributed by atoms with Gasteiger partial charge in [0.25, 0.3) is 0 Å². The molecule has 0 fully saturated rings. The van der Waals surface area contributed by atoms with Gasteiger partial charge in [-0.2, -0.15) is 0 Å². The van der Waals surface area contributed by atoms with Gasteiger partial charge in [0.2, 0.25) is 0 Å². The molecule has 54 heavy (non-hydrogen) atoms. The van der Waals surface area contributed by atoms with Crippen LogP contribution < -0.4 is 0 Å². The summed E-state index contributed by atoms with van der Waals surface area (Å²) in [4.78, 5) is 19.5. The van der Waals surface area contributed by atoms with Gasteiger partial charge in [-0.05, 0) is 97.0 Å². The molecule has 250 valence electrons. The molecular formula is C50H30N4. The van der Waals surface area contributed by atoms with Crippen molar-refractivity contribution in [2.45, 2.75) is 0 Å². The molecule has 0 aliphatic rings. The van der Waals surface area contributed by atoms with E-state index in [4.69, 9.17) is 9.97 Å². The molecule has 4 heteroatoms. The molecule has 11 rings (SSSR count). The van der Waals surface area contributed by atoms with Crippen molar-refractivity contribution in [1.82, 2.24) is 19.9 Å². The van der Waals surface area contributed by atoms with Gasteiger partial charge in [-0.1, -0.05) is 127 Å². The number of hydrogen-bond acceptors (Lipinski definition) is 4. The van der Waals surface area contributed by atoms with Crippen molar-refractivity contribution in [3.05, 3.63) is 182 Å². The normalized spacial score (nSPS) is 11.7. The van der Waals surface area contributed by atoms with Gasteiger partial charge in [0, 0.05) is 34.3 Å². The Morgan fingerprint density at radius 1 is 0.278 bits per heavy atom. The number of hydrogen-bond donors (Lipinski definition) is 0. The Kier molecular flexibility index (Phi) is 6.82. The van der Waals surface area contributed by atoms with Crippen molar-refractivity contribution in [2.75, 3.05) is 0 Å². The molecule has 0 radical (unpaired) electrons. The minimum absolute atomic E-state index is 0.878. The van der Waals surface area contributed by atoms with Crippen molar-refractivity contribution in [3.8, 4) is 44.8 Å². The van der Waals surface area contributed by atoms with Crippen LogP contribution in [0.1, 0.15) is 0 Å². The van der Waals surface area contributed by atoms with Gasteiger partial charge in [-0.3, -0.25) is 9.97 Å². The Bertz CT molecular complexity index is 3260. The lowest BCUT2D eigenvalue weighted by Gasteiger charge is -2.13. The smallest absolute Gasteiger partial charge is 0.0972 e. The molecule has 0 saturated heterocycles. The van der Waals surface area contributed by atoms with Crippen LogP contribution in [-0.4, -0.2) is 19.9 Å². The number of pyridine rings is 2. The zero-order valence-corrected chi connectivity index (χ0v) is 29.1. The fourth-order valence-electron chi connectivity index (χ4n) is 8.04. The van der Waals surface area contributed by atoms with Crippen LogP contribution in [-0.2, 0) is 0 Å². The summed E-state index contributed by atoms with van der Waals surface area (Å²) >= 11 is 0. The summed E-state index contributed by atoms with van der Waals surface area (Å²) in [5.74, 6) is 0. The highest BCUT2D eigenvalue weighted by Gasteiger charge is 2.13. The minimum Gasteiger partial charge on any atom is -0.253 e. The molecule has 0 amide bonds. The van der Waals surface area contributed by atoms with Gasteiger partial charge in [-0.15, -0.1) is 0 Å². The Morgan fingerprint density at radius 2 is 0.722 bits per heavy atom. The third kappa shape index (κ3) is 5.00. The largest absolute Gasteiger partial charge is 0.253 e. The predicted octanol–water partition coefficient (Wildman–Crippen LogP) is 12.9. The predicted molar refractivity (Wildman–Crippen MR) is 224 cm³/mol. The number of rotatable bonds is 4. The maximum Gasteiger partial charge on any atom is 0.0972 e. The zero-order valence-electron chi connectivity index (χ0n) is 29.1. The quantitative estimate of drug-likeness (QED) is 0.173. The van der Waals surface area contributed by atoms with E-state index < -0.39 is 0 Å². The van der Waals surface area contributed by atoms with Crippen LogP contribution in [0.3, 0.4) is 0 Å². The molecule has 0 saturated carbocycles. The Morgan fingerprint density at radius 3 is 1.31 bits per heavy atom. The molecule has 3 heterocycles. The van der Waals surface area contributed by atoms with Crippen molar-refractivity contribution in [2.24, 2.45) is 0 Å². The summed E-state index contributed by atoms with van der Waals surface area (Å²) in [5, 5.41) is 9.78. The average Bonchev–Trinajstić information content (AvgIpc) is 3.26. The Labute approximate surface area is 311 Å². The van der Waals surface area contributed by atoms with Crippen LogP contribution in [0, 0.1) is 0 Å². The van der Waals surface area contributed by atoms with Gasteiger partial charge in [-0.25, -0.2) is 9.97 Å². The van der Waals surface area contributed by atoms with Crippen molar-refractivity contribution < 1.29 is 0 Å². The monoisotopic (exact) mass is 686 g/mol. The first kappa shape index (κ1) is 30.3. The topological polar surface area (TPSA) is 51.6 Å². The second-order valence-electron chi connectivity index (χ2n) is 13.9. The van der Waals surface area contributed by atoms with Crippen LogP contribution in [0.15, 0.2) is 182 Å². The zero-order chi connectivity index (χ0) is 35.6. The number of aromatic nitrogens is 4. The second-order valence-corrected chi connectivity index (χ2v) is 13.9. The number of benzene rings is 8. The first-order chi connectivity index (χ1) is 26.7. The van der Waals surface area contributed by atoms with E-state index in [0.717, 1.165) is 72.0 Å². The van der Waals surface area contributed by atoms with E-state index in [1.165, 1.54) is 37.9 Å². The van der Waals surface area contributed by atoms with Crippen LogP contribution in [0.2, 0.25) is 0 Å². The third-order valence-corrected chi connectivity index (χ3v) is 10.7. The average molecular weight is 687 g/mol. The molecule has 3 aromatic heterocycles. The summed E-state index contributed by atoms with van der Waals surface area (Å²) < 4.78 is 0. The van der Waals surface area contributed by atoms with Crippen LogP contribution in [0.5, 0.6) is 0 Å². The van der Waals surface area contributed by atoms with Crippen molar-refractivity contribution >= 4 is 65.2 Å². The SMILES string of the molecule is c1cc(-c2ccc3nccnc3c2)cc(-c2ccc3ccc4ccc(-c5cccc(-c6ccc7c8ccccc8c8ccccc8c7c6)c5)nc4c3n2)c1. The molecule has 0 aliphatic heterocycles. The molecule has 0 spiro atoms. The summed E-state index contributed by atoms with van der Waals surface area (Å²) in [7, 11) is 0. The first-order valence-electron chi connectivity index (χ1n) is 18.2. The van der Waals surface area contributed by atoms with Gasteiger partial charge in [0.1, 0.15) is 0 Å². The Hall–Kier alpha value is -7.30. The molecule has 0 N–H and O–H groups in total. The standard InChI is InChI=1S/C50H30N4/c1-2-13-41-39(11-1)40-12-3-4-14-42(40)44-29-35(17-21-43(41)44)33-7-5-9-37(27-33)45-22-18-31-15-16-32-19-23-46(54-50(32)49(31)53-45)38-10-6-8-34(28-38)36-20-24-47-48(30-36)52-26-25-51-47/h1-30H. The number of nitrogens with zero attached hydrogens (tertiary/aromatic N) is 4. The maximum absolute atomic E-state index is 5.29. The molecule has 0 atom stereocenters. The highest BCUT2D eigenvalue weighted by molar-refractivity contribution is 6.25. The van der Waals surface area contributed by atoms with Gasteiger partial charge in [0.05, 0.1) is 33.5 Å². The lowest BCUT2D eigenvalue weighted by molar-refractivity contribution is 1.29. The molecule has 11 aromatic rings. The summed E-state index contributed by atoms with van der Waals surface area (Å²) in [6.07, 6.45) is 3.46. The Balaban J connectivity index is 0.993. The minimum atomic E-state index is 0.878. The molecule has 0 unspecified atom stereocenters. The molecule has 0 bridgehead atoms. The summed E-state index contributed by atoms with van der Waals surface area (Å²) in [6, 6.07) is 60.6. The van der Waals surface area contributed by atoms with Crippen LogP contribution in [0.4, 0.5) is 0 Å². The van der Waals surface area contributed by atoms with Crippen molar-refractivity contribution in [1.29, 1.82) is 0 Å². The second kappa shape index (κ2) is 12.1. The van der Waals surface area contributed by atoms with Gasteiger partial charge in [0.15, 0.2) is 0 Å². The lowest BCUT2D eigenvalue weighted by Crippen LogP contribution is -1.92. The first-order valence-corrected chi connectivity index (χ1v) is 18.2. The van der Waals surface area contributed by atoms with E-state index in [2.05, 4.69) is 174 Å². The van der Waals surface area contributed by atoms with E-state index in [-0.39, 0.29) is 0 Å². The van der Waals surface area contributed by atoms with E-state index >= 15 is 0 Å². The summed E-state index contributed by atoms with van der Waals surface area (Å²) in [5.41, 5.74) is 12.0. The molecular weight excluding hydrogens is 657 g/mol. The molecule has 0 aliphatic carbocycles. The third-order valence-electron chi connectivity index (χ3n) is 10.7. The summed E-state index contributed by atoms with van der Waals surface area (Å²) in [6.45, 7) is 0. The van der Waals surface area contributed by atoms with E-state index in [9.17, 15) is 0 Å². The maximum atomic E-state index is 5.29. The van der Waals surface area contributed by atoms with E-state index in [0.29, 0.717) is 0 Å². The van der Waals surface area contributed by atoms with Gasteiger partial charge < -0.3 is 0 Å². The highest BCUT2D eigenvalue weighted by atomic mass is 14.8. The number of fused-ring (bicyclic) bond motifs is 10. The molecule has 4 nitrogen and oxygen atoms in total. The fourth-order valence-corrected chi connectivity index (χ4v) is 8.04. The van der Waals surface area contributed by atoms with Crippen molar-refractivity contribution in [3.63, 3.8) is 0 Å². The van der Waals surface area contributed by atoms with Gasteiger partial charge >= 0.3 is 0 Å². The fraction of sp³-hybridized carbons (Fsp3) is 0. The lowest BCUT2D eigenvalue weighted by atomic mass is 9.91. The van der Waals surface area contributed by atoms with Crippen LogP contribution in [0.25, 0.3) is 110 Å². The van der Waals surface area contributed by atoms with Crippen LogP contribution >= 0.6 is 0 Å². The highest BCUT2D eigenvalue weighted by Crippen LogP contribution is 2.38. The molecule has 8 aromatic carbocycles. The van der Waals surface area contributed by atoms with E-state index in [1.54, 1.807) is 12.4 Å². The van der Waals surface area contributed by atoms with E-state index in [1.807, 2.05) is 6.07 Å².